The van der Waals surface area contributed by atoms with Gasteiger partial charge in [-0.15, -0.1) is 0 Å². The molecule has 0 bridgehead atoms. The van der Waals surface area contributed by atoms with Gasteiger partial charge in [0.2, 0.25) is 0 Å². The molecule has 0 aromatic heterocycles. The number of hydrogen-bond donors (Lipinski definition) is 1. The number of nitrogens with one attached hydrogen (secondary N) is 1. The zero-order chi connectivity index (χ0) is 11.2. The van der Waals surface area contributed by atoms with E-state index in [0.717, 1.165) is 12.0 Å². The molecule has 1 saturated carbocycles. The third-order valence-corrected chi connectivity index (χ3v) is 4.45. The standard InChI is InChI=1S/C14H28N2/c1-13(14-7-3-4-8-14)15-9-12-16-10-5-2-6-11-16/h13-15H,2-12H2,1H3. The second-order valence-corrected chi connectivity index (χ2v) is 5.69. The highest BCUT2D eigenvalue weighted by Crippen LogP contribution is 2.27. The molecule has 0 aromatic carbocycles. The fourth-order valence-corrected chi connectivity index (χ4v) is 3.26. The molecule has 1 N–H and O–H groups in total. The summed E-state index contributed by atoms with van der Waals surface area (Å²) in [5, 5.41) is 3.73. The van der Waals surface area contributed by atoms with Crippen LogP contribution in [0.2, 0.25) is 0 Å². The van der Waals surface area contributed by atoms with Crippen molar-refractivity contribution < 1.29 is 0 Å². The van der Waals surface area contributed by atoms with E-state index in [1.165, 1.54) is 71.1 Å². The molecule has 1 aliphatic carbocycles. The van der Waals surface area contributed by atoms with Gasteiger partial charge in [-0.05, 0) is 51.6 Å². The highest BCUT2D eigenvalue weighted by Gasteiger charge is 2.21. The molecule has 1 atom stereocenters. The van der Waals surface area contributed by atoms with Crippen molar-refractivity contribution in [1.82, 2.24) is 10.2 Å². The van der Waals surface area contributed by atoms with Gasteiger partial charge in [0.25, 0.3) is 0 Å². The first kappa shape index (κ1) is 12.4. The molecule has 1 unspecified atom stereocenters. The molecule has 94 valence electrons. The predicted octanol–water partition coefficient (Wildman–Crippen LogP) is 2.64. The van der Waals surface area contributed by atoms with Crippen LogP contribution in [0.3, 0.4) is 0 Å². The first-order valence-electron chi connectivity index (χ1n) is 7.32. The molecule has 2 heteroatoms. The molecular weight excluding hydrogens is 196 g/mol. The summed E-state index contributed by atoms with van der Waals surface area (Å²) < 4.78 is 0. The predicted molar refractivity (Wildman–Crippen MR) is 69.7 cm³/mol. The summed E-state index contributed by atoms with van der Waals surface area (Å²) in [6, 6.07) is 0.743. The Kier molecular flexibility index (Phi) is 5.11. The molecule has 0 amide bonds. The fraction of sp³-hybridized carbons (Fsp3) is 1.00. The summed E-state index contributed by atoms with van der Waals surface area (Å²) in [4.78, 5) is 2.62. The lowest BCUT2D eigenvalue weighted by molar-refractivity contribution is 0.223. The SMILES string of the molecule is CC(NCCN1CCCCC1)C1CCCC1. The third-order valence-electron chi connectivity index (χ3n) is 4.45. The molecule has 0 spiro atoms. The average Bonchev–Trinajstić information content (AvgIpc) is 2.84. The normalized spacial score (nSPS) is 26.1. The molecule has 2 aliphatic rings. The first-order valence-corrected chi connectivity index (χ1v) is 7.32. The second-order valence-electron chi connectivity index (χ2n) is 5.69. The maximum atomic E-state index is 3.73. The van der Waals surface area contributed by atoms with Gasteiger partial charge in [0.15, 0.2) is 0 Å². The summed E-state index contributed by atoms with van der Waals surface area (Å²) in [5.41, 5.74) is 0. The van der Waals surface area contributed by atoms with E-state index in [9.17, 15) is 0 Å². The molecule has 0 radical (unpaired) electrons. The second kappa shape index (κ2) is 6.61. The van der Waals surface area contributed by atoms with E-state index < -0.39 is 0 Å². The highest BCUT2D eigenvalue weighted by molar-refractivity contribution is 4.77. The van der Waals surface area contributed by atoms with Crippen LogP contribution in [0.15, 0.2) is 0 Å². The van der Waals surface area contributed by atoms with E-state index in [4.69, 9.17) is 0 Å². The Labute approximate surface area is 101 Å². The van der Waals surface area contributed by atoms with Crippen molar-refractivity contribution in [1.29, 1.82) is 0 Å². The van der Waals surface area contributed by atoms with Gasteiger partial charge in [-0.25, -0.2) is 0 Å². The highest BCUT2D eigenvalue weighted by atomic mass is 15.1. The lowest BCUT2D eigenvalue weighted by Gasteiger charge is -2.28. The van der Waals surface area contributed by atoms with Crippen LogP contribution in [0, 0.1) is 5.92 Å². The Hall–Kier alpha value is -0.0800. The molecule has 2 nitrogen and oxygen atoms in total. The molecule has 0 aromatic rings. The Morgan fingerprint density at radius 2 is 1.75 bits per heavy atom. The minimum Gasteiger partial charge on any atom is -0.313 e. The van der Waals surface area contributed by atoms with Crippen molar-refractivity contribution in [3.8, 4) is 0 Å². The minimum atomic E-state index is 0.743. The zero-order valence-corrected chi connectivity index (χ0v) is 10.9. The van der Waals surface area contributed by atoms with Gasteiger partial charge in [-0.2, -0.15) is 0 Å². The van der Waals surface area contributed by atoms with E-state index >= 15 is 0 Å². The lowest BCUT2D eigenvalue weighted by atomic mass is 10.00. The average molecular weight is 224 g/mol. The number of nitrogens with zero attached hydrogens (tertiary/aromatic N) is 1. The van der Waals surface area contributed by atoms with Gasteiger partial charge in [-0.1, -0.05) is 19.3 Å². The van der Waals surface area contributed by atoms with Gasteiger partial charge >= 0.3 is 0 Å². The van der Waals surface area contributed by atoms with Crippen LogP contribution in [0.25, 0.3) is 0 Å². The van der Waals surface area contributed by atoms with E-state index in [1.807, 2.05) is 0 Å². The van der Waals surface area contributed by atoms with Crippen LogP contribution in [-0.2, 0) is 0 Å². The molecule has 1 heterocycles. The summed E-state index contributed by atoms with van der Waals surface area (Å²) in [5.74, 6) is 0.960. The summed E-state index contributed by atoms with van der Waals surface area (Å²) in [7, 11) is 0. The van der Waals surface area contributed by atoms with Gasteiger partial charge in [0, 0.05) is 19.1 Å². The van der Waals surface area contributed by atoms with E-state index in [2.05, 4.69) is 17.1 Å². The van der Waals surface area contributed by atoms with E-state index in [-0.39, 0.29) is 0 Å². The molecule has 2 fully saturated rings. The fourth-order valence-electron chi connectivity index (χ4n) is 3.26. The topological polar surface area (TPSA) is 15.3 Å². The molecule has 1 saturated heterocycles. The smallest absolute Gasteiger partial charge is 0.0107 e. The van der Waals surface area contributed by atoms with Crippen molar-refractivity contribution in [2.24, 2.45) is 5.92 Å². The van der Waals surface area contributed by atoms with Gasteiger partial charge < -0.3 is 10.2 Å². The summed E-state index contributed by atoms with van der Waals surface area (Å²) >= 11 is 0. The minimum absolute atomic E-state index is 0.743. The monoisotopic (exact) mass is 224 g/mol. The molecule has 2 rings (SSSR count). The van der Waals surface area contributed by atoms with Crippen LogP contribution < -0.4 is 5.32 Å². The Balaban J connectivity index is 1.56. The van der Waals surface area contributed by atoms with Crippen LogP contribution in [0.4, 0.5) is 0 Å². The van der Waals surface area contributed by atoms with Crippen molar-refractivity contribution in [2.45, 2.75) is 57.9 Å². The van der Waals surface area contributed by atoms with Gasteiger partial charge in [0.1, 0.15) is 0 Å². The first-order chi connectivity index (χ1) is 7.86. The van der Waals surface area contributed by atoms with Crippen LogP contribution in [0.1, 0.15) is 51.9 Å². The van der Waals surface area contributed by atoms with Crippen molar-refractivity contribution in [3.63, 3.8) is 0 Å². The maximum Gasteiger partial charge on any atom is 0.0107 e. The lowest BCUT2D eigenvalue weighted by Crippen LogP contribution is -2.40. The van der Waals surface area contributed by atoms with E-state index in [1.54, 1.807) is 0 Å². The number of piperidine rings is 1. The Bertz CT molecular complexity index is 181. The Morgan fingerprint density at radius 3 is 2.44 bits per heavy atom. The number of rotatable bonds is 5. The van der Waals surface area contributed by atoms with Crippen LogP contribution in [0.5, 0.6) is 0 Å². The van der Waals surface area contributed by atoms with Crippen LogP contribution >= 0.6 is 0 Å². The van der Waals surface area contributed by atoms with Crippen molar-refractivity contribution in [2.75, 3.05) is 26.2 Å². The summed E-state index contributed by atoms with van der Waals surface area (Å²) in [6.07, 6.45) is 10.1. The van der Waals surface area contributed by atoms with Crippen molar-refractivity contribution >= 4 is 0 Å². The Morgan fingerprint density at radius 1 is 1.06 bits per heavy atom. The van der Waals surface area contributed by atoms with E-state index in [0.29, 0.717) is 0 Å². The van der Waals surface area contributed by atoms with Gasteiger partial charge in [0.05, 0.1) is 0 Å². The van der Waals surface area contributed by atoms with Crippen molar-refractivity contribution in [3.05, 3.63) is 0 Å². The summed E-state index contributed by atoms with van der Waals surface area (Å²) in [6.45, 7) is 7.50. The van der Waals surface area contributed by atoms with Gasteiger partial charge in [-0.3, -0.25) is 0 Å². The third kappa shape index (κ3) is 3.74. The largest absolute Gasteiger partial charge is 0.313 e. The molecule has 16 heavy (non-hydrogen) atoms. The maximum absolute atomic E-state index is 3.73. The number of hydrogen-bond acceptors (Lipinski definition) is 2. The quantitative estimate of drug-likeness (QED) is 0.772. The van der Waals surface area contributed by atoms with Crippen LogP contribution in [-0.4, -0.2) is 37.1 Å². The number of likely N-dealkylation sites (tertiary alicyclic amines) is 1. The zero-order valence-electron chi connectivity index (χ0n) is 10.9. The molecule has 1 aliphatic heterocycles. The molecular formula is C14H28N2.